The van der Waals surface area contributed by atoms with E-state index in [2.05, 4.69) is 38.0 Å². The molecule has 0 aliphatic carbocycles. The van der Waals surface area contributed by atoms with E-state index in [4.69, 9.17) is 4.74 Å². The molecule has 1 aliphatic heterocycles. The van der Waals surface area contributed by atoms with Gasteiger partial charge < -0.3 is 4.74 Å². The molecule has 2 aromatic carbocycles. The van der Waals surface area contributed by atoms with Crippen molar-refractivity contribution in [2.75, 3.05) is 26.3 Å². The number of halogens is 1. The zero-order chi connectivity index (χ0) is 18.4. The predicted octanol–water partition coefficient (Wildman–Crippen LogP) is 3.28. The first-order chi connectivity index (χ1) is 12.6. The molecule has 0 radical (unpaired) electrons. The van der Waals surface area contributed by atoms with Gasteiger partial charge in [0.05, 0.1) is 18.9 Å². The SMILES string of the molecule is CC(=NNC(=O)c1ccc(CN2CCOCC2)cc1)c1cccc(I)c1. The van der Waals surface area contributed by atoms with Gasteiger partial charge in [0.1, 0.15) is 0 Å². The molecule has 1 amide bonds. The Bertz CT molecular complexity index is 784. The second-order valence-electron chi connectivity index (χ2n) is 6.23. The fourth-order valence-corrected chi connectivity index (χ4v) is 3.30. The second kappa shape index (κ2) is 9.25. The lowest BCUT2D eigenvalue weighted by molar-refractivity contribution is 0.0342. The number of hydrogen-bond donors (Lipinski definition) is 1. The van der Waals surface area contributed by atoms with Crippen molar-refractivity contribution in [3.8, 4) is 0 Å². The molecule has 0 bridgehead atoms. The number of benzene rings is 2. The molecule has 3 rings (SSSR count). The third-order valence-electron chi connectivity index (χ3n) is 4.29. The highest BCUT2D eigenvalue weighted by Crippen LogP contribution is 2.10. The average Bonchev–Trinajstić information content (AvgIpc) is 2.67. The Labute approximate surface area is 167 Å². The summed E-state index contributed by atoms with van der Waals surface area (Å²) in [6.07, 6.45) is 0. The Morgan fingerprint density at radius 1 is 1.15 bits per heavy atom. The Morgan fingerprint density at radius 3 is 2.58 bits per heavy atom. The molecular weight excluding hydrogens is 441 g/mol. The van der Waals surface area contributed by atoms with Crippen molar-refractivity contribution in [3.63, 3.8) is 0 Å². The maximum atomic E-state index is 12.3. The van der Waals surface area contributed by atoms with Crippen LogP contribution in [0.5, 0.6) is 0 Å². The molecule has 136 valence electrons. The van der Waals surface area contributed by atoms with Gasteiger partial charge in [-0.15, -0.1) is 0 Å². The van der Waals surface area contributed by atoms with E-state index in [0.717, 1.165) is 47.7 Å². The highest BCUT2D eigenvalue weighted by atomic mass is 127. The predicted molar refractivity (Wildman–Crippen MR) is 111 cm³/mol. The Hall–Kier alpha value is -1.77. The van der Waals surface area contributed by atoms with Crippen LogP contribution in [0, 0.1) is 3.57 Å². The van der Waals surface area contributed by atoms with E-state index in [-0.39, 0.29) is 5.91 Å². The van der Waals surface area contributed by atoms with E-state index in [1.165, 1.54) is 5.56 Å². The van der Waals surface area contributed by atoms with Crippen LogP contribution < -0.4 is 5.43 Å². The van der Waals surface area contributed by atoms with Crippen molar-refractivity contribution < 1.29 is 9.53 Å². The van der Waals surface area contributed by atoms with Crippen LogP contribution in [0.4, 0.5) is 0 Å². The molecule has 5 nitrogen and oxygen atoms in total. The summed E-state index contributed by atoms with van der Waals surface area (Å²) in [6, 6.07) is 15.7. The first-order valence-corrected chi connectivity index (χ1v) is 9.69. The van der Waals surface area contributed by atoms with Crippen LogP contribution >= 0.6 is 22.6 Å². The molecule has 1 saturated heterocycles. The number of hydrazone groups is 1. The molecule has 1 N–H and O–H groups in total. The van der Waals surface area contributed by atoms with Gasteiger partial charge in [0.25, 0.3) is 5.91 Å². The zero-order valence-corrected chi connectivity index (χ0v) is 16.9. The van der Waals surface area contributed by atoms with E-state index in [1.54, 1.807) is 0 Å². The first kappa shape index (κ1) is 19.0. The number of amides is 1. The largest absolute Gasteiger partial charge is 0.379 e. The van der Waals surface area contributed by atoms with E-state index >= 15 is 0 Å². The Kier molecular flexibility index (Phi) is 6.76. The molecule has 0 unspecified atom stereocenters. The molecule has 0 saturated carbocycles. The second-order valence-corrected chi connectivity index (χ2v) is 7.48. The Balaban J connectivity index is 1.58. The van der Waals surface area contributed by atoms with Crippen molar-refractivity contribution in [3.05, 3.63) is 68.8 Å². The molecule has 26 heavy (non-hydrogen) atoms. The number of nitrogens with zero attached hydrogens (tertiary/aromatic N) is 2. The maximum Gasteiger partial charge on any atom is 0.271 e. The van der Waals surface area contributed by atoms with Crippen LogP contribution in [0.25, 0.3) is 0 Å². The monoisotopic (exact) mass is 463 g/mol. The van der Waals surface area contributed by atoms with Gasteiger partial charge in [0.15, 0.2) is 0 Å². The molecule has 6 heteroatoms. The van der Waals surface area contributed by atoms with Crippen LogP contribution in [0.3, 0.4) is 0 Å². The summed E-state index contributed by atoms with van der Waals surface area (Å²) in [6.45, 7) is 6.26. The molecular formula is C20H22IN3O2. The summed E-state index contributed by atoms with van der Waals surface area (Å²) in [7, 11) is 0. The van der Waals surface area contributed by atoms with Gasteiger partial charge in [-0.1, -0.05) is 24.3 Å². The van der Waals surface area contributed by atoms with Crippen molar-refractivity contribution in [1.29, 1.82) is 0 Å². The van der Waals surface area contributed by atoms with Gasteiger partial charge in [-0.2, -0.15) is 5.10 Å². The summed E-state index contributed by atoms with van der Waals surface area (Å²) >= 11 is 2.26. The van der Waals surface area contributed by atoms with E-state index in [1.807, 2.05) is 55.5 Å². The van der Waals surface area contributed by atoms with Gasteiger partial charge in [-0.05, 0) is 64.9 Å². The zero-order valence-electron chi connectivity index (χ0n) is 14.7. The summed E-state index contributed by atoms with van der Waals surface area (Å²) in [5.41, 5.74) is 6.22. The molecule has 1 aliphatic rings. The lowest BCUT2D eigenvalue weighted by atomic mass is 10.1. The number of carbonyl (C=O) groups is 1. The first-order valence-electron chi connectivity index (χ1n) is 8.61. The number of ether oxygens (including phenoxy) is 1. The van der Waals surface area contributed by atoms with Gasteiger partial charge >= 0.3 is 0 Å². The van der Waals surface area contributed by atoms with Gasteiger partial charge in [0.2, 0.25) is 0 Å². The number of carbonyl (C=O) groups excluding carboxylic acids is 1. The molecule has 1 fully saturated rings. The van der Waals surface area contributed by atoms with Crippen molar-refractivity contribution in [1.82, 2.24) is 10.3 Å². The number of nitrogens with one attached hydrogen (secondary N) is 1. The summed E-state index contributed by atoms with van der Waals surface area (Å²) < 4.78 is 6.50. The van der Waals surface area contributed by atoms with Crippen LogP contribution in [0.2, 0.25) is 0 Å². The quantitative estimate of drug-likeness (QED) is 0.421. The molecule has 0 aromatic heterocycles. The fraction of sp³-hybridized carbons (Fsp3) is 0.300. The van der Waals surface area contributed by atoms with Gasteiger partial charge in [-0.25, -0.2) is 5.43 Å². The molecule has 1 heterocycles. The van der Waals surface area contributed by atoms with Crippen LogP contribution in [-0.2, 0) is 11.3 Å². The van der Waals surface area contributed by atoms with Crippen molar-refractivity contribution >= 4 is 34.2 Å². The minimum Gasteiger partial charge on any atom is -0.379 e. The average molecular weight is 463 g/mol. The molecule has 2 aromatic rings. The van der Waals surface area contributed by atoms with Crippen LogP contribution in [-0.4, -0.2) is 42.8 Å². The number of morpholine rings is 1. The Morgan fingerprint density at radius 2 is 1.88 bits per heavy atom. The third kappa shape index (κ3) is 5.36. The summed E-state index contributed by atoms with van der Waals surface area (Å²) in [5, 5.41) is 4.22. The standard InChI is InChI=1S/C20H22IN3O2/c1-15(18-3-2-4-19(21)13-18)22-23-20(25)17-7-5-16(6-8-17)14-24-9-11-26-12-10-24/h2-8,13H,9-12,14H2,1H3,(H,23,25). The number of hydrogen-bond acceptors (Lipinski definition) is 4. The van der Waals surface area contributed by atoms with Crippen molar-refractivity contribution in [2.45, 2.75) is 13.5 Å². The highest BCUT2D eigenvalue weighted by molar-refractivity contribution is 14.1. The smallest absolute Gasteiger partial charge is 0.271 e. The van der Waals surface area contributed by atoms with E-state index in [9.17, 15) is 4.79 Å². The number of rotatable bonds is 5. The highest BCUT2D eigenvalue weighted by Gasteiger charge is 2.11. The fourth-order valence-electron chi connectivity index (χ4n) is 2.76. The maximum absolute atomic E-state index is 12.3. The van der Waals surface area contributed by atoms with Crippen LogP contribution in [0.15, 0.2) is 53.6 Å². The minimum absolute atomic E-state index is 0.201. The molecule has 0 spiro atoms. The normalized spacial score (nSPS) is 15.7. The summed E-state index contributed by atoms with van der Waals surface area (Å²) in [5.74, 6) is -0.201. The lowest BCUT2D eigenvalue weighted by Gasteiger charge is -2.26. The lowest BCUT2D eigenvalue weighted by Crippen LogP contribution is -2.35. The topological polar surface area (TPSA) is 53.9 Å². The molecule has 0 atom stereocenters. The van der Waals surface area contributed by atoms with Gasteiger partial charge in [0, 0.05) is 28.8 Å². The van der Waals surface area contributed by atoms with E-state index in [0.29, 0.717) is 5.56 Å². The third-order valence-corrected chi connectivity index (χ3v) is 4.96. The van der Waals surface area contributed by atoms with E-state index < -0.39 is 0 Å². The van der Waals surface area contributed by atoms with Gasteiger partial charge in [-0.3, -0.25) is 9.69 Å². The van der Waals surface area contributed by atoms with Crippen LogP contribution in [0.1, 0.15) is 28.4 Å². The summed E-state index contributed by atoms with van der Waals surface area (Å²) in [4.78, 5) is 14.7. The minimum atomic E-state index is -0.201. The van der Waals surface area contributed by atoms with Crippen molar-refractivity contribution in [2.24, 2.45) is 5.10 Å².